The first kappa shape index (κ1) is 26.5. The summed E-state index contributed by atoms with van der Waals surface area (Å²) in [6.45, 7) is 8.08. The number of amides is 4. The Labute approximate surface area is 204 Å². The van der Waals surface area contributed by atoms with Gasteiger partial charge in [-0.2, -0.15) is 0 Å². The zero-order valence-electron chi connectivity index (χ0n) is 21.4. The zero-order valence-corrected chi connectivity index (χ0v) is 21.4. The fraction of sp³-hybridized carbons (Fsp3) is 0.846. The fourth-order valence-electron chi connectivity index (χ4n) is 5.76. The Bertz CT molecular complexity index is 720. The van der Waals surface area contributed by atoms with Crippen molar-refractivity contribution in [2.24, 2.45) is 11.8 Å². The minimum atomic E-state index is -0.745. The van der Waals surface area contributed by atoms with E-state index in [-0.39, 0.29) is 23.9 Å². The molecule has 192 valence electrons. The van der Waals surface area contributed by atoms with E-state index in [0.29, 0.717) is 45.1 Å². The highest BCUT2D eigenvalue weighted by Gasteiger charge is 2.41. The molecular formula is C26H44N4O4. The number of nitrogens with one attached hydrogen (secondary N) is 1. The summed E-state index contributed by atoms with van der Waals surface area (Å²) in [5.74, 6) is -0.387. The lowest BCUT2D eigenvalue weighted by Crippen LogP contribution is -2.61. The number of rotatable bonds is 8. The number of carbonyl (C=O) groups excluding carboxylic acids is 4. The van der Waals surface area contributed by atoms with E-state index in [1.54, 1.807) is 21.6 Å². The third kappa shape index (κ3) is 6.95. The highest BCUT2D eigenvalue weighted by atomic mass is 16.2. The number of piperazine rings is 1. The van der Waals surface area contributed by atoms with Crippen molar-refractivity contribution in [3.8, 4) is 0 Å². The summed E-state index contributed by atoms with van der Waals surface area (Å²) >= 11 is 0. The molecule has 0 aromatic rings. The molecule has 0 spiro atoms. The molecule has 0 unspecified atom stereocenters. The van der Waals surface area contributed by atoms with Gasteiger partial charge in [0, 0.05) is 45.7 Å². The fourth-order valence-corrected chi connectivity index (χ4v) is 5.76. The van der Waals surface area contributed by atoms with E-state index in [2.05, 4.69) is 5.32 Å². The highest BCUT2D eigenvalue weighted by molar-refractivity contribution is 6.38. The molecule has 0 radical (unpaired) electrons. The summed E-state index contributed by atoms with van der Waals surface area (Å²) < 4.78 is 0. The van der Waals surface area contributed by atoms with E-state index in [1.807, 2.05) is 13.8 Å². The Balaban J connectivity index is 1.77. The standard InChI is InChI=1S/C26H44N4O4/c1-19(2)17-23(24(32)25(33)27-18-21-9-7-8-10-21)30(22-11-5-4-6-12-22)26(34)29-15-13-28(14-16-29)20(3)31/h19,21-23H,4-18H2,1-3H3,(H,27,33)/t23-/m0/s1. The Hall–Kier alpha value is -2.12. The van der Waals surface area contributed by atoms with Crippen LogP contribution >= 0.6 is 0 Å². The first-order chi connectivity index (χ1) is 16.3. The molecule has 8 heteroatoms. The molecular weight excluding hydrogens is 432 g/mol. The Kier molecular flexibility index (Phi) is 9.77. The van der Waals surface area contributed by atoms with Gasteiger partial charge < -0.3 is 20.0 Å². The molecule has 1 N–H and O–H groups in total. The lowest BCUT2D eigenvalue weighted by atomic mass is 9.90. The van der Waals surface area contributed by atoms with Gasteiger partial charge in [-0.1, -0.05) is 46.0 Å². The predicted molar refractivity (Wildman–Crippen MR) is 131 cm³/mol. The summed E-state index contributed by atoms with van der Waals surface area (Å²) in [6, 6.07) is -0.926. The van der Waals surface area contributed by atoms with E-state index in [9.17, 15) is 19.2 Å². The normalized spacial score (nSPS) is 20.9. The van der Waals surface area contributed by atoms with Gasteiger partial charge in [0.2, 0.25) is 11.7 Å². The van der Waals surface area contributed by atoms with Crippen LogP contribution in [0.25, 0.3) is 0 Å². The van der Waals surface area contributed by atoms with E-state index in [4.69, 9.17) is 0 Å². The molecule has 0 aromatic carbocycles. The molecule has 1 heterocycles. The topological polar surface area (TPSA) is 90.0 Å². The molecule has 0 aromatic heterocycles. The molecule has 0 bridgehead atoms. The van der Waals surface area contributed by atoms with Crippen molar-refractivity contribution in [2.45, 2.75) is 97.1 Å². The van der Waals surface area contributed by atoms with Gasteiger partial charge in [-0.05, 0) is 43.9 Å². The van der Waals surface area contributed by atoms with Gasteiger partial charge in [0.05, 0.1) is 0 Å². The van der Waals surface area contributed by atoms with Gasteiger partial charge in [0.25, 0.3) is 5.91 Å². The van der Waals surface area contributed by atoms with Crippen molar-refractivity contribution in [2.75, 3.05) is 32.7 Å². The SMILES string of the molecule is CC(=O)N1CCN(C(=O)N(C2CCCCC2)[C@@H](CC(C)C)C(=O)C(=O)NCC2CCCC2)CC1. The van der Waals surface area contributed by atoms with Crippen LogP contribution in [0.1, 0.15) is 85.0 Å². The molecule has 4 amide bonds. The average Bonchev–Trinajstić information content (AvgIpc) is 3.36. The number of hydrogen-bond acceptors (Lipinski definition) is 4. The molecule has 3 fully saturated rings. The quantitative estimate of drug-likeness (QED) is 0.545. The molecule has 1 atom stereocenters. The van der Waals surface area contributed by atoms with Gasteiger partial charge >= 0.3 is 6.03 Å². The van der Waals surface area contributed by atoms with E-state index < -0.39 is 17.7 Å². The van der Waals surface area contributed by atoms with Crippen LogP contribution in [0.5, 0.6) is 0 Å². The Morgan fingerprint density at radius 1 is 0.853 bits per heavy atom. The maximum atomic E-state index is 13.9. The minimum Gasteiger partial charge on any atom is -0.349 e. The van der Waals surface area contributed by atoms with Crippen LogP contribution in [0, 0.1) is 11.8 Å². The lowest BCUT2D eigenvalue weighted by Gasteiger charge is -2.44. The number of urea groups is 1. The van der Waals surface area contributed by atoms with Crippen molar-refractivity contribution < 1.29 is 19.2 Å². The first-order valence-electron chi connectivity index (χ1n) is 13.4. The van der Waals surface area contributed by atoms with Crippen LogP contribution in [0.3, 0.4) is 0 Å². The highest BCUT2D eigenvalue weighted by Crippen LogP contribution is 2.29. The summed E-state index contributed by atoms with van der Waals surface area (Å²) in [5, 5.41) is 2.89. The predicted octanol–water partition coefficient (Wildman–Crippen LogP) is 3.20. The number of Topliss-reactive ketones (excluding diaryl/α,β-unsaturated/α-hetero) is 1. The van der Waals surface area contributed by atoms with Crippen molar-refractivity contribution >= 4 is 23.6 Å². The van der Waals surface area contributed by atoms with Crippen LogP contribution in [0.4, 0.5) is 4.79 Å². The van der Waals surface area contributed by atoms with Crippen molar-refractivity contribution in [3.63, 3.8) is 0 Å². The molecule has 1 aliphatic heterocycles. The largest absolute Gasteiger partial charge is 0.349 e. The van der Waals surface area contributed by atoms with E-state index >= 15 is 0 Å². The molecule has 3 rings (SSSR count). The summed E-state index contributed by atoms with van der Waals surface area (Å²) in [6.07, 6.45) is 9.98. The smallest absolute Gasteiger partial charge is 0.321 e. The summed E-state index contributed by atoms with van der Waals surface area (Å²) in [7, 11) is 0. The molecule has 34 heavy (non-hydrogen) atoms. The zero-order chi connectivity index (χ0) is 24.7. The second-order valence-electron chi connectivity index (χ2n) is 10.8. The van der Waals surface area contributed by atoms with Gasteiger partial charge in [-0.15, -0.1) is 0 Å². The molecule has 2 aliphatic carbocycles. The van der Waals surface area contributed by atoms with Gasteiger partial charge in [0.15, 0.2) is 0 Å². The molecule has 3 aliphatic rings. The lowest BCUT2D eigenvalue weighted by molar-refractivity contribution is -0.141. The van der Waals surface area contributed by atoms with Crippen LogP contribution in [-0.2, 0) is 14.4 Å². The maximum absolute atomic E-state index is 13.9. The van der Waals surface area contributed by atoms with Gasteiger partial charge in [0.1, 0.15) is 6.04 Å². The minimum absolute atomic E-state index is 0.0167. The van der Waals surface area contributed by atoms with Crippen LogP contribution < -0.4 is 5.32 Å². The number of ketones is 1. The van der Waals surface area contributed by atoms with E-state index in [1.165, 1.54) is 12.8 Å². The van der Waals surface area contributed by atoms with Crippen molar-refractivity contribution in [3.05, 3.63) is 0 Å². The Morgan fingerprint density at radius 2 is 1.41 bits per heavy atom. The van der Waals surface area contributed by atoms with Gasteiger partial charge in [-0.25, -0.2) is 4.79 Å². The van der Waals surface area contributed by atoms with Gasteiger partial charge in [-0.3, -0.25) is 14.4 Å². The third-order valence-corrected chi connectivity index (χ3v) is 7.77. The second-order valence-corrected chi connectivity index (χ2v) is 10.8. The van der Waals surface area contributed by atoms with E-state index in [0.717, 1.165) is 44.9 Å². The average molecular weight is 477 g/mol. The van der Waals surface area contributed by atoms with Crippen molar-refractivity contribution in [1.82, 2.24) is 20.0 Å². The monoisotopic (exact) mass is 476 g/mol. The number of hydrogen-bond donors (Lipinski definition) is 1. The maximum Gasteiger partial charge on any atom is 0.321 e. The van der Waals surface area contributed by atoms with Crippen molar-refractivity contribution in [1.29, 1.82) is 0 Å². The first-order valence-corrected chi connectivity index (χ1v) is 13.4. The Morgan fingerprint density at radius 3 is 1.97 bits per heavy atom. The number of nitrogens with zero attached hydrogens (tertiary/aromatic N) is 3. The second kappa shape index (κ2) is 12.5. The van der Waals surface area contributed by atoms with Crippen LogP contribution in [-0.4, -0.2) is 83.1 Å². The molecule has 8 nitrogen and oxygen atoms in total. The summed E-state index contributed by atoms with van der Waals surface area (Å²) in [5.41, 5.74) is 0. The summed E-state index contributed by atoms with van der Waals surface area (Å²) in [4.78, 5) is 57.4. The number of carbonyl (C=O) groups is 4. The molecule has 2 saturated carbocycles. The van der Waals surface area contributed by atoms with Crippen LogP contribution in [0.2, 0.25) is 0 Å². The third-order valence-electron chi connectivity index (χ3n) is 7.77. The molecule has 1 saturated heterocycles. The van der Waals surface area contributed by atoms with Crippen LogP contribution in [0.15, 0.2) is 0 Å².